The van der Waals surface area contributed by atoms with Gasteiger partial charge in [-0.15, -0.1) is 0 Å². The van der Waals surface area contributed by atoms with Crippen molar-refractivity contribution in [2.75, 3.05) is 26.2 Å². The fourth-order valence-electron chi connectivity index (χ4n) is 9.52. The van der Waals surface area contributed by atoms with Gasteiger partial charge in [-0.25, -0.2) is 0 Å². The predicted octanol–water partition coefficient (Wildman–Crippen LogP) is 5.61. The highest BCUT2D eigenvalue weighted by molar-refractivity contribution is 6.63. The average molecular weight is 506 g/mol. The molecule has 4 saturated heterocycles. The summed E-state index contributed by atoms with van der Waals surface area (Å²) in [6.07, 6.45) is 27.6. The van der Waals surface area contributed by atoms with Gasteiger partial charge in [0.15, 0.2) is 0 Å². The third-order valence-corrected chi connectivity index (χ3v) is 10.8. The first kappa shape index (κ1) is 27.2. The Labute approximate surface area is 213 Å². The highest BCUT2D eigenvalue weighted by atomic mass is 79.9. The van der Waals surface area contributed by atoms with Crippen LogP contribution in [-0.2, 0) is 0 Å². The number of hydrogen-bond acceptors (Lipinski definition) is 0. The van der Waals surface area contributed by atoms with Crippen molar-refractivity contribution in [3.63, 3.8) is 0 Å². The summed E-state index contributed by atoms with van der Waals surface area (Å²) < 4.78 is 1.47. The molecular formula is C28H54B2BrN. The van der Waals surface area contributed by atoms with Gasteiger partial charge in [-0.2, -0.15) is 0 Å². The Kier molecular flexibility index (Phi) is 11.5. The molecule has 4 heteroatoms. The van der Waals surface area contributed by atoms with Gasteiger partial charge in [-0.3, -0.25) is 0 Å². The minimum atomic E-state index is 0. The predicted molar refractivity (Wildman–Crippen MR) is 141 cm³/mol. The van der Waals surface area contributed by atoms with Crippen LogP contribution in [0.1, 0.15) is 117 Å². The van der Waals surface area contributed by atoms with Crippen LogP contribution in [0.4, 0.5) is 0 Å². The van der Waals surface area contributed by atoms with Crippen molar-refractivity contribution in [2.45, 2.75) is 152 Å². The topological polar surface area (TPSA) is 0 Å². The summed E-state index contributed by atoms with van der Waals surface area (Å²) in [4.78, 5) is 0. The lowest BCUT2D eigenvalue weighted by atomic mass is 9.26. The first-order valence-corrected chi connectivity index (χ1v) is 15.1. The van der Waals surface area contributed by atoms with Gasteiger partial charge in [0.25, 0.3) is 0 Å². The third-order valence-electron chi connectivity index (χ3n) is 10.8. The van der Waals surface area contributed by atoms with E-state index < -0.39 is 0 Å². The highest BCUT2D eigenvalue weighted by Gasteiger charge is 2.40. The van der Waals surface area contributed by atoms with E-state index >= 15 is 0 Å². The number of nitrogens with zero attached hydrogens (tertiary/aromatic N) is 1. The monoisotopic (exact) mass is 505 g/mol. The molecule has 0 aromatic heterocycles. The number of quaternary nitrogens is 1. The maximum Gasteiger partial charge on any atom is 0.146 e. The molecule has 0 atom stereocenters. The summed E-state index contributed by atoms with van der Waals surface area (Å²) in [6.45, 7) is 13.0. The van der Waals surface area contributed by atoms with Crippen LogP contribution in [0.15, 0.2) is 0 Å². The Balaban J connectivity index is 0.00000289. The first-order valence-electron chi connectivity index (χ1n) is 15.1. The Bertz CT molecular complexity index is 440. The smallest absolute Gasteiger partial charge is 0.146 e. The van der Waals surface area contributed by atoms with Crippen molar-refractivity contribution in [3.8, 4) is 0 Å². The van der Waals surface area contributed by atoms with Crippen LogP contribution in [-0.4, -0.2) is 44.1 Å². The minimum absolute atomic E-state index is 0. The van der Waals surface area contributed by atoms with Gasteiger partial charge in [0.05, 0.1) is 26.2 Å². The average Bonchev–Trinajstić information content (AvgIpc) is 2.74. The Hall–Kier alpha value is 0.570. The van der Waals surface area contributed by atoms with Gasteiger partial charge in [0.1, 0.15) is 13.4 Å². The second kappa shape index (κ2) is 13.6. The van der Waals surface area contributed by atoms with E-state index in [1.54, 1.807) is 89.7 Å². The first-order chi connectivity index (χ1) is 15.2. The van der Waals surface area contributed by atoms with Gasteiger partial charge < -0.3 is 21.5 Å². The van der Waals surface area contributed by atoms with E-state index in [1.807, 2.05) is 0 Å². The quantitative estimate of drug-likeness (QED) is 0.239. The largest absolute Gasteiger partial charge is 1.00 e. The Morgan fingerprint density at radius 2 is 0.844 bits per heavy atom. The summed E-state index contributed by atoms with van der Waals surface area (Å²) in [5.41, 5.74) is 0. The zero-order valence-corrected chi connectivity index (χ0v) is 23.4. The number of fused-ring (bicyclic) bond motifs is 4. The molecule has 32 heavy (non-hydrogen) atoms. The van der Waals surface area contributed by atoms with Crippen LogP contribution in [0.25, 0.3) is 0 Å². The van der Waals surface area contributed by atoms with E-state index in [0.29, 0.717) is 0 Å². The van der Waals surface area contributed by atoms with Crippen LogP contribution < -0.4 is 17.0 Å². The molecular weight excluding hydrogens is 452 g/mol. The van der Waals surface area contributed by atoms with Gasteiger partial charge in [-0.1, -0.05) is 127 Å². The van der Waals surface area contributed by atoms with Crippen LogP contribution in [0.5, 0.6) is 0 Å². The Morgan fingerprint density at radius 1 is 0.531 bits per heavy atom. The molecule has 4 bridgehead atoms. The zero-order chi connectivity index (χ0) is 21.5. The zero-order valence-electron chi connectivity index (χ0n) is 21.8. The van der Waals surface area contributed by atoms with Crippen LogP contribution >= 0.6 is 0 Å². The van der Waals surface area contributed by atoms with Crippen molar-refractivity contribution in [1.29, 1.82) is 0 Å². The van der Waals surface area contributed by atoms with Gasteiger partial charge in [-0.05, 0) is 25.7 Å². The fraction of sp³-hybridized carbons (Fsp3) is 1.00. The summed E-state index contributed by atoms with van der Waals surface area (Å²) >= 11 is 0. The maximum absolute atomic E-state index is 2.44. The van der Waals surface area contributed by atoms with E-state index in [2.05, 4.69) is 13.8 Å². The molecule has 4 aliphatic rings. The third kappa shape index (κ3) is 6.83. The SMILES string of the molecule is CCC[N+](CCC)(CCCB1C2CCCC1CCC2)CCCB1C2CCCC1CCC2.[Br-]. The normalized spacial score (nSPS) is 30.2. The lowest BCUT2D eigenvalue weighted by molar-refractivity contribution is -0.928. The summed E-state index contributed by atoms with van der Waals surface area (Å²) in [5, 5.41) is 0. The number of halogens is 1. The molecule has 4 aliphatic heterocycles. The number of rotatable bonds is 12. The van der Waals surface area contributed by atoms with Crippen molar-refractivity contribution >= 4 is 13.4 Å². The molecule has 0 unspecified atom stereocenters. The molecule has 1 nitrogen and oxygen atoms in total. The van der Waals surface area contributed by atoms with Crippen LogP contribution in [0, 0.1) is 0 Å². The maximum atomic E-state index is 2.44. The lowest BCUT2D eigenvalue weighted by Crippen LogP contribution is -3.00. The van der Waals surface area contributed by atoms with E-state index in [9.17, 15) is 0 Å². The molecule has 0 aliphatic carbocycles. The second-order valence-corrected chi connectivity index (χ2v) is 12.6. The van der Waals surface area contributed by atoms with Crippen molar-refractivity contribution in [3.05, 3.63) is 0 Å². The lowest BCUT2D eigenvalue weighted by Gasteiger charge is -2.43. The molecule has 0 aromatic rings. The minimum Gasteiger partial charge on any atom is -1.00 e. The summed E-state index contributed by atoms with van der Waals surface area (Å²) in [5.74, 6) is 4.44. The van der Waals surface area contributed by atoms with Crippen LogP contribution in [0.2, 0.25) is 35.9 Å². The van der Waals surface area contributed by atoms with Gasteiger partial charge in [0, 0.05) is 0 Å². The van der Waals surface area contributed by atoms with Crippen molar-refractivity contribution in [2.24, 2.45) is 0 Å². The Morgan fingerprint density at radius 3 is 1.12 bits per heavy atom. The van der Waals surface area contributed by atoms with Gasteiger partial charge >= 0.3 is 0 Å². The molecule has 0 spiro atoms. The summed E-state index contributed by atoms with van der Waals surface area (Å²) in [7, 11) is 0. The molecule has 0 N–H and O–H groups in total. The molecule has 4 heterocycles. The van der Waals surface area contributed by atoms with Crippen molar-refractivity contribution in [1.82, 2.24) is 0 Å². The molecule has 4 rings (SSSR count). The molecule has 0 saturated carbocycles. The number of hydrogen-bond donors (Lipinski definition) is 0. The molecule has 0 amide bonds. The molecule has 0 aromatic carbocycles. The summed E-state index contributed by atoms with van der Waals surface area (Å²) in [6, 6.07) is 0. The van der Waals surface area contributed by atoms with Crippen LogP contribution in [0.3, 0.4) is 0 Å². The van der Waals surface area contributed by atoms with E-state index in [4.69, 9.17) is 0 Å². The molecule has 184 valence electrons. The highest BCUT2D eigenvalue weighted by Crippen LogP contribution is 2.49. The molecule has 0 radical (unpaired) electrons. The van der Waals surface area contributed by atoms with E-state index in [-0.39, 0.29) is 17.0 Å². The standard InChI is InChI=1S/C28H54B2N.BrH/c1-3-21-31(22-4-2,23-9-19-29-25-11-5-12-26(29)14-6-13-25)24-10-20-30-27-15-7-16-28(30)18-8-17-27;/h25-28H,3-24H2,1-2H3;1H/q+1;/p-1. The van der Waals surface area contributed by atoms with E-state index in [0.717, 1.165) is 36.7 Å². The van der Waals surface area contributed by atoms with E-state index in [1.165, 1.54) is 56.3 Å². The fourth-order valence-corrected chi connectivity index (χ4v) is 9.52. The second-order valence-electron chi connectivity index (χ2n) is 12.6. The van der Waals surface area contributed by atoms with Crippen molar-refractivity contribution < 1.29 is 21.5 Å². The van der Waals surface area contributed by atoms with Gasteiger partial charge in [0.2, 0.25) is 0 Å². The molecule has 4 fully saturated rings.